The second-order valence-corrected chi connectivity index (χ2v) is 7.75. The van der Waals surface area contributed by atoms with Crippen molar-refractivity contribution in [3.63, 3.8) is 0 Å². The minimum atomic E-state index is -0.273. The topological polar surface area (TPSA) is 54.3 Å². The number of rotatable bonds is 5. The Hall–Kier alpha value is -3.06. The average molecular weight is 407 g/mol. The number of hydrogen-bond acceptors (Lipinski definition) is 4. The summed E-state index contributed by atoms with van der Waals surface area (Å²) in [4.78, 5) is 17.5. The molecule has 0 saturated carbocycles. The Morgan fingerprint density at radius 3 is 2.57 bits per heavy atom. The molecule has 2 aromatic carbocycles. The summed E-state index contributed by atoms with van der Waals surface area (Å²) in [7, 11) is 2.07. The van der Waals surface area contributed by atoms with E-state index in [1.807, 2.05) is 30.0 Å². The number of nitrogens with zero attached hydrogens (tertiary/aromatic N) is 5. The largest absolute Gasteiger partial charge is 0.328 e. The highest BCUT2D eigenvalue weighted by molar-refractivity contribution is 5.92. The first kappa shape index (κ1) is 20.2. The number of aromatic nitrogens is 3. The predicted octanol–water partition coefficient (Wildman–Crippen LogP) is 3.55. The molecule has 4 rings (SSSR count). The molecule has 3 aromatic rings. The van der Waals surface area contributed by atoms with Gasteiger partial charge >= 0.3 is 0 Å². The van der Waals surface area contributed by atoms with Crippen molar-refractivity contribution in [3.05, 3.63) is 83.4 Å². The van der Waals surface area contributed by atoms with Crippen molar-refractivity contribution >= 4 is 5.91 Å². The number of carbonyl (C=O) groups excluding carboxylic acids is 1. The van der Waals surface area contributed by atoms with E-state index in [4.69, 9.17) is 0 Å². The van der Waals surface area contributed by atoms with Gasteiger partial charge in [-0.3, -0.25) is 4.79 Å². The summed E-state index contributed by atoms with van der Waals surface area (Å²) in [5.41, 5.74) is 2.38. The Labute approximate surface area is 175 Å². The number of amides is 1. The number of halogens is 1. The van der Waals surface area contributed by atoms with Gasteiger partial charge in [0.15, 0.2) is 5.69 Å². The van der Waals surface area contributed by atoms with E-state index in [0.29, 0.717) is 12.2 Å². The lowest BCUT2D eigenvalue weighted by atomic mass is 10.0. The zero-order valence-electron chi connectivity index (χ0n) is 17.3. The Bertz CT molecular complexity index is 988. The van der Waals surface area contributed by atoms with Gasteiger partial charge in [-0.15, -0.1) is 5.10 Å². The van der Waals surface area contributed by atoms with Gasteiger partial charge in [0.2, 0.25) is 0 Å². The van der Waals surface area contributed by atoms with Gasteiger partial charge in [-0.2, -0.15) is 0 Å². The number of piperazine rings is 1. The Kier molecular flexibility index (Phi) is 5.90. The maximum atomic E-state index is 13.3. The first-order valence-corrected chi connectivity index (χ1v) is 10.3. The van der Waals surface area contributed by atoms with E-state index in [1.165, 1.54) is 12.1 Å². The van der Waals surface area contributed by atoms with Crippen LogP contribution in [0, 0.1) is 5.82 Å². The zero-order chi connectivity index (χ0) is 21.1. The minimum Gasteiger partial charge on any atom is -0.328 e. The van der Waals surface area contributed by atoms with Gasteiger partial charge in [0.05, 0.1) is 18.3 Å². The van der Waals surface area contributed by atoms with Crippen LogP contribution < -0.4 is 0 Å². The first-order chi connectivity index (χ1) is 14.6. The van der Waals surface area contributed by atoms with Gasteiger partial charge in [0.25, 0.3) is 5.91 Å². The van der Waals surface area contributed by atoms with E-state index in [2.05, 4.69) is 34.4 Å². The SMILES string of the molecule is CC[C@H](c1ccc(F)cc1)n1cc(C(=O)N2CCN(C)C[C@H]2c2ccccc2)nn1. The lowest BCUT2D eigenvalue weighted by Gasteiger charge is -2.40. The maximum Gasteiger partial charge on any atom is 0.276 e. The lowest BCUT2D eigenvalue weighted by molar-refractivity contribution is 0.0492. The Morgan fingerprint density at radius 2 is 1.87 bits per heavy atom. The van der Waals surface area contributed by atoms with Crippen LogP contribution in [0.5, 0.6) is 0 Å². The number of carbonyl (C=O) groups is 1. The molecule has 30 heavy (non-hydrogen) atoms. The van der Waals surface area contributed by atoms with Crippen molar-refractivity contribution in [3.8, 4) is 0 Å². The molecule has 2 atom stereocenters. The first-order valence-electron chi connectivity index (χ1n) is 10.3. The summed E-state index contributed by atoms with van der Waals surface area (Å²) in [5, 5.41) is 8.41. The molecule has 1 aliphatic heterocycles. The molecular formula is C23H26FN5O. The van der Waals surface area contributed by atoms with Gasteiger partial charge in [-0.25, -0.2) is 9.07 Å². The van der Waals surface area contributed by atoms with Crippen LogP contribution >= 0.6 is 0 Å². The van der Waals surface area contributed by atoms with Gasteiger partial charge in [0.1, 0.15) is 5.82 Å². The van der Waals surface area contributed by atoms with E-state index >= 15 is 0 Å². The van der Waals surface area contributed by atoms with Crippen LogP contribution in [0.2, 0.25) is 0 Å². The van der Waals surface area contributed by atoms with Crippen molar-refractivity contribution in [2.45, 2.75) is 25.4 Å². The van der Waals surface area contributed by atoms with Gasteiger partial charge < -0.3 is 9.80 Å². The molecule has 0 bridgehead atoms. The third-order valence-electron chi connectivity index (χ3n) is 5.72. The molecule has 1 amide bonds. The van der Waals surface area contributed by atoms with Crippen molar-refractivity contribution in [1.29, 1.82) is 0 Å². The monoisotopic (exact) mass is 407 g/mol. The maximum absolute atomic E-state index is 13.3. The molecular weight excluding hydrogens is 381 g/mol. The fraction of sp³-hybridized carbons (Fsp3) is 0.348. The molecule has 156 valence electrons. The van der Waals surface area contributed by atoms with Crippen LogP contribution in [0.15, 0.2) is 60.8 Å². The van der Waals surface area contributed by atoms with E-state index in [9.17, 15) is 9.18 Å². The standard InChI is InChI=1S/C23H26FN5O/c1-3-21(18-9-11-19(24)12-10-18)29-15-20(25-26-29)23(30)28-14-13-27(2)16-22(28)17-7-5-4-6-8-17/h4-12,15,21-22H,3,13-14,16H2,1-2H3/t21-,22+/m1/s1. The molecule has 2 heterocycles. The summed E-state index contributed by atoms with van der Waals surface area (Å²) in [6.07, 6.45) is 2.46. The second kappa shape index (κ2) is 8.75. The minimum absolute atomic E-state index is 0.0262. The summed E-state index contributed by atoms with van der Waals surface area (Å²) in [6.45, 7) is 4.26. The van der Waals surface area contributed by atoms with Crippen molar-refractivity contribution in [2.75, 3.05) is 26.7 Å². The smallest absolute Gasteiger partial charge is 0.276 e. The summed E-state index contributed by atoms with van der Waals surface area (Å²) in [5.74, 6) is -0.387. The number of benzene rings is 2. The molecule has 7 heteroatoms. The second-order valence-electron chi connectivity index (χ2n) is 7.75. The van der Waals surface area contributed by atoms with Crippen LogP contribution in [-0.2, 0) is 0 Å². The normalized spacial score (nSPS) is 18.4. The molecule has 1 saturated heterocycles. The highest BCUT2D eigenvalue weighted by atomic mass is 19.1. The molecule has 0 N–H and O–H groups in total. The summed E-state index contributed by atoms with van der Waals surface area (Å²) in [6, 6.07) is 16.3. The van der Waals surface area contributed by atoms with E-state index in [0.717, 1.165) is 30.6 Å². The van der Waals surface area contributed by atoms with Crippen molar-refractivity contribution in [1.82, 2.24) is 24.8 Å². The quantitative estimate of drug-likeness (QED) is 0.649. The van der Waals surface area contributed by atoms with Crippen LogP contribution in [0.4, 0.5) is 4.39 Å². The highest BCUT2D eigenvalue weighted by Crippen LogP contribution is 2.27. The van der Waals surface area contributed by atoms with Crippen molar-refractivity contribution < 1.29 is 9.18 Å². The molecule has 0 radical (unpaired) electrons. The molecule has 0 unspecified atom stereocenters. The van der Waals surface area contributed by atoms with Gasteiger partial charge in [-0.05, 0) is 36.7 Å². The van der Waals surface area contributed by atoms with Crippen LogP contribution in [0.3, 0.4) is 0 Å². The fourth-order valence-electron chi connectivity index (χ4n) is 4.06. The van der Waals surface area contributed by atoms with Crippen molar-refractivity contribution in [2.24, 2.45) is 0 Å². The third kappa shape index (κ3) is 4.11. The van der Waals surface area contributed by atoms with Crippen LogP contribution in [-0.4, -0.2) is 57.4 Å². The summed E-state index contributed by atoms with van der Waals surface area (Å²) < 4.78 is 15.0. The molecule has 6 nitrogen and oxygen atoms in total. The van der Waals surface area contributed by atoms with Crippen LogP contribution in [0.25, 0.3) is 0 Å². The average Bonchev–Trinajstić information content (AvgIpc) is 3.25. The zero-order valence-corrected chi connectivity index (χ0v) is 17.3. The molecule has 0 aliphatic carbocycles. The Morgan fingerprint density at radius 1 is 1.13 bits per heavy atom. The van der Waals surface area contributed by atoms with E-state index in [-0.39, 0.29) is 23.8 Å². The molecule has 1 fully saturated rings. The fourth-order valence-corrected chi connectivity index (χ4v) is 4.06. The molecule has 0 spiro atoms. The lowest BCUT2D eigenvalue weighted by Crippen LogP contribution is -2.49. The Balaban J connectivity index is 1.58. The van der Waals surface area contributed by atoms with E-state index in [1.54, 1.807) is 23.0 Å². The number of likely N-dealkylation sites (N-methyl/N-ethyl adjacent to an activating group) is 1. The molecule has 1 aliphatic rings. The number of hydrogen-bond donors (Lipinski definition) is 0. The van der Waals surface area contributed by atoms with E-state index < -0.39 is 0 Å². The summed E-state index contributed by atoms with van der Waals surface area (Å²) >= 11 is 0. The predicted molar refractivity (Wildman–Crippen MR) is 113 cm³/mol. The van der Waals surface area contributed by atoms with Crippen LogP contribution in [0.1, 0.15) is 47.0 Å². The van der Waals surface area contributed by atoms with Gasteiger partial charge in [-0.1, -0.05) is 54.6 Å². The highest BCUT2D eigenvalue weighted by Gasteiger charge is 2.32. The third-order valence-corrected chi connectivity index (χ3v) is 5.72. The van der Waals surface area contributed by atoms with Gasteiger partial charge in [0, 0.05) is 19.6 Å². The molecule has 1 aromatic heterocycles.